The Bertz CT molecular complexity index is 1130. The lowest BCUT2D eigenvalue weighted by atomic mass is 10.0. The summed E-state index contributed by atoms with van der Waals surface area (Å²) in [7, 11) is 0. The molecular formula is C25H25N3O3S. The molecule has 0 fully saturated rings. The van der Waals surface area contributed by atoms with Gasteiger partial charge < -0.3 is 5.32 Å². The van der Waals surface area contributed by atoms with Crippen molar-refractivity contribution < 1.29 is 14.4 Å². The Kier molecular flexibility index (Phi) is 6.19. The van der Waals surface area contributed by atoms with Crippen LogP contribution in [0.5, 0.6) is 0 Å². The Morgan fingerprint density at radius 1 is 1.03 bits per heavy atom. The van der Waals surface area contributed by atoms with E-state index in [-0.39, 0.29) is 5.92 Å². The largest absolute Gasteiger partial charge is 0.300 e. The minimum Gasteiger partial charge on any atom is -0.300 e. The highest BCUT2D eigenvalue weighted by atomic mass is 32.1. The minimum absolute atomic E-state index is 0.110. The fourth-order valence-corrected chi connectivity index (χ4v) is 4.55. The highest BCUT2D eigenvalue weighted by Crippen LogP contribution is 2.29. The number of aromatic nitrogens is 1. The molecule has 4 rings (SSSR count). The summed E-state index contributed by atoms with van der Waals surface area (Å²) in [5, 5.41) is 5.15. The van der Waals surface area contributed by atoms with Crippen LogP contribution in [0.4, 0.5) is 5.13 Å². The number of aryl methyl sites for hydroxylation is 1. The molecule has 1 aliphatic heterocycles. The van der Waals surface area contributed by atoms with Crippen LogP contribution in [0.2, 0.25) is 0 Å². The van der Waals surface area contributed by atoms with E-state index in [4.69, 9.17) is 0 Å². The quantitative estimate of drug-likeness (QED) is 0.516. The molecular weight excluding hydrogens is 422 g/mol. The third-order valence-corrected chi connectivity index (χ3v) is 6.28. The Balaban J connectivity index is 1.55. The van der Waals surface area contributed by atoms with E-state index in [2.05, 4.69) is 29.4 Å². The second-order valence-electron chi connectivity index (χ2n) is 8.25. The van der Waals surface area contributed by atoms with E-state index in [0.717, 1.165) is 22.6 Å². The van der Waals surface area contributed by atoms with Crippen molar-refractivity contribution in [3.8, 4) is 11.3 Å². The molecule has 0 saturated carbocycles. The van der Waals surface area contributed by atoms with Gasteiger partial charge in [0.2, 0.25) is 5.91 Å². The zero-order valence-electron chi connectivity index (χ0n) is 18.3. The molecule has 3 amide bonds. The van der Waals surface area contributed by atoms with Gasteiger partial charge >= 0.3 is 0 Å². The third-order valence-electron chi connectivity index (χ3n) is 5.53. The van der Waals surface area contributed by atoms with Gasteiger partial charge in [0.25, 0.3) is 11.8 Å². The average molecular weight is 448 g/mol. The van der Waals surface area contributed by atoms with Gasteiger partial charge in [-0.1, -0.05) is 57.2 Å². The van der Waals surface area contributed by atoms with Gasteiger partial charge in [-0.25, -0.2) is 4.98 Å². The number of hydrogen-bond donors (Lipinski definition) is 1. The molecule has 1 aliphatic rings. The Labute approximate surface area is 191 Å². The van der Waals surface area contributed by atoms with E-state index in [9.17, 15) is 14.4 Å². The molecule has 0 bridgehead atoms. The van der Waals surface area contributed by atoms with Gasteiger partial charge in [-0.15, -0.1) is 11.3 Å². The lowest BCUT2D eigenvalue weighted by molar-refractivity contribution is -0.120. The van der Waals surface area contributed by atoms with Crippen molar-refractivity contribution in [2.45, 2.75) is 39.7 Å². The zero-order valence-corrected chi connectivity index (χ0v) is 19.1. The highest BCUT2D eigenvalue weighted by molar-refractivity contribution is 7.14. The van der Waals surface area contributed by atoms with Crippen LogP contribution in [0.15, 0.2) is 53.9 Å². The number of fused-ring (bicyclic) bond motifs is 1. The number of benzene rings is 2. The molecule has 2 heterocycles. The van der Waals surface area contributed by atoms with E-state index >= 15 is 0 Å². The molecule has 6 nitrogen and oxygen atoms in total. The molecule has 0 radical (unpaired) electrons. The first kappa shape index (κ1) is 21.9. The fourth-order valence-electron chi connectivity index (χ4n) is 3.83. The summed E-state index contributed by atoms with van der Waals surface area (Å²) in [5.74, 6) is -1.15. The number of hydrogen-bond acceptors (Lipinski definition) is 5. The van der Waals surface area contributed by atoms with Crippen LogP contribution in [0, 0.1) is 5.92 Å². The predicted molar refractivity (Wildman–Crippen MR) is 126 cm³/mol. The van der Waals surface area contributed by atoms with Gasteiger partial charge in [-0.3, -0.25) is 19.3 Å². The smallest absolute Gasteiger partial charge is 0.262 e. The molecule has 0 aliphatic carbocycles. The first-order valence-corrected chi connectivity index (χ1v) is 11.6. The van der Waals surface area contributed by atoms with E-state index in [0.29, 0.717) is 22.7 Å². The second kappa shape index (κ2) is 9.04. The number of nitrogens with one attached hydrogen (secondary N) is 1. The van der Waals surface area contributed by atoms with Crippen molar-refractivity contribution in [1.82, 2.24) is 9.88 Å². The predicted octanol–water partition coefficient (Wildman–Crippen LogP) is 5.02. The number of thiazole rings is 1. The summed E-state index contributed by atoms with van der Waals surface area (Å²) in [6.07, 6.45) is 1.34. The summed E-state index contributed by atoms with van der Waals surface area (Å²) < 4.78 is 0. The fraction of sp³-hybridized carbons (Fsp3) is 0.280. The molecule has 2 aromatic carbocycles. The van der Waals surface area contributed by atoms with Gasteiger partial charge in [-0.05, 0) is 36.5 Å². The maximum absolute atomic E-state index is 13.2. The Hall–Kier alpha value is -3.32. The maximum atomic E-state index is 13.2. The standard InChI is InChI=1S/C25H25N3O3S/c1-4-16-9-11-17(12-10-16)20-14-32-25(26-20)27-22(29)21(13-15(2)3)28-23(30)18-7-5-6-8-19(18)24(28)31/h5-12,14-15,21H,4,13H2,1-3H3,(H,26,27,29). The zero-order chi connectivity index (χ0) is 22.8. The molecule has 3 aromatic rings. The number of imide groups is 1. The van der Waals surface area contributed by atoms with Gasteiger partial charge in [0.05, 0.1) is 16.8 Å². The maximum Gasteiger partial charge on any atom is 0.262 e. The first-order valence-electron chi connectivity index (χ1n) is 10.7. The van der Waals surface area contributed by atoms with Crippen molar-refractivity contribution in [1.29, 1.82) is 0 Å². The van der Waals surface area contributed by atoms with E-state index in [1.165, 1.54) is 16.9 Å². The molecule has 164 valence electrons. The molecule has 1 N–H and O–H groups in total. The van der Waals surface area contributed by atoms with Gasteiger partial charge in [0, 0.05) is 10.9 Å². The number of carbonyl (C=O) groups excluding carboxylic acids is 3. The lowest BCUT2D eigenvalue weighted by Crippen LogP contribution is -2.47. The van der Waals surface area contributed by atoms with Crippen LogP contribution in [-0.4, -0.2) is 33.6 Å². The van der Waals surface area contributed by atoms with E-state index < -0.39 is 23.8 Å². The number of carbonyl (C=O) groups is 3. The Morgan fingerprint density at radius 2 is 1.66 bits per heavy atom. The van der Waals surface area contributed by atoms with Crippen LogP contribution in [-0.2, 0) is 11.2 Å². The highest BCUT2D eigenvalue weighted by Gasteiger charge is 2.42. The topological polar surface area (TPSA) is 79.4 Å². The number of amides is 3. The molecule has 7 heteroatoms. The van der Waals surface area contributed by atoms with Crippen molar-refractivity contribution in [2.75, 3.05) is 5.32 Å². The van der Waals surface area contributed by atoms with Crippen LogP contribution in [0.1, 0.15) is 53.5 Å². The Morgan fingerprint density at radius 3 is 2.22 bits per heavy atom. The second-order valence-corrected chi connectivity index (χ2v) is 9.11. The van der Waals surface area contributed by atoms with E-state index in [1.807, 2.05) is 31.4 Å². The van der Waals surface area contributed by atoms with Crippen molar-refractivity contribution in [2.24, 2.45) is 5.92 Å². The van der Waals surface area contributed by atoms with Crippen LogP contribution in [0.3, 0.4) is 0 Å². The van der Waals surface area contributed by atoms with Crippen LogP contribution in [0.25, 0.3) is 11.3 Å². The summed E-state index contributed by atoms with van der Waals surface area (Å²) in [5.41, 5.74) is 3.67. The number of nitrogens with zero attached hydrogens (tertiary/aromatic N) is 2. The molecule has 1 unspecified atom stereocenters. The third kappa shape index (κ3) is 4.21. The van der Waals surface area contributed by atoms with E-state index in [1.54, 1.807) is 24.3 Å². The van der Waals surface area contributed by atoms with Crippen molar-refractivity contribution >= 4 is 34.2 Å². The average Bonchev–Trinajstić information content (AvgIpc) is 3.35. The molecule has 1 atom stereocenters. The summed E-state index contributed by atoms with van der Waals surface area (Å²) >= 11 is 1.32. The minimum atomic E-state index is -0.904. The van der Waals surface area contributed by atoms with Gasteiger partial charge in [-0.2, -0.15) is 0 Å². The van der Waals surface area contributed by atoms with Crippen molar-refractivity contribution in [3.05, 3.63) is 70.6 Å². The number of rotatable bonds is 7. The monoisotopic (exact) mass is 447 g/mol. The van der Waals surface area contributed by atoms with Crippen LogP contribution < -0.4 is 5.32 Å². The first-order chi connectivity index (χ1) is 15.4. The van der Waals surface area contributed by atoms with Crippen molar-refractivity contribution in [3.63, 3.8) is 0 Å². The summed E-state index contributed by atoms with van der Waals surface area (Å²) in [6.45, 7) is 6.02. The van der Waals surface area contributed by atoms with Gasteiger partial charge in [0.1, 0.15) is 6.04 Å². The number of anilines is 1. The summed E-state index contributed by atoms with van der Waals surface area (Å²) in [4.78, 5) is 44.7. The molecule has 0 saturated heterocycles. The van der Waals surface area contributed by atoms with Crippen LogP contribution >= 0.6 is 11.3 Å². The molecule has 1 aromatic heterocycles. The SMILES string of the molecule is CCc1ccc(-c2csc(NC(=O)C(CC(C)C)N3C(=O)c4ccccc4C3=O)n2)cc1. The molecule has 0 spiro atoms. The summed E-state index contributed by atoms with van der Waals surface area (Å²) in [6, 6.07) is 13.9. The lowest BCUT2D eigenvalue weighted by Gasteiger charge is -2.26. The normalized spacial score (nSPS) is 14.1. The molecule has 32 heavy (non-hydrogen) atoms. The van der Waals surface area contributed by atoms with Gasteiger partial charge in [0.15, 0.2) is 5.13 Å².